The Kier molecular flexibility index (Phi) is 3.94. The molecule has 1 saturated heterocycles. The molecule has 0 spiro atoms. The van der Waals surface area contributed by atoms with Crippen LogP contribution in [0.3, 0.4) is 0 Å². The lowest BCUT2D eigenvalue weighted by Crippen LogP contribution is -2.51. The molecule has 1 aromatic carbocycles. The standard InChI is InChI=1S/C17H22N4O2S/c22-24(23,20-17-8-1-3-15(17)11-18-13-17)12-14-4-6-16(7-5-14)21-10-2-9-19-21/h2,4-7,9-10,15,18,20H,1,3,8,11-13H2/t15-,17-/m0/s1. The second-order valence-corrected chi connectivity index (χ2v) is 8.58. The van der Waals surface area contributed by atoms with E-state index < -0.39 is 10.0 Å². The van der Waals surface area contributed by atoms with Gasteiger partial charge in [-0.2, -0.15) is 5.10 Å². The van der Waals surface area contributed by atoms with Gasteiger partial charge in [0.2, 0.25) is 10.0 Å². The van der Waals surface area contributed by atoms with Crippen molar-refractivity contribution in [3.8, 4) is 5.69 Å². The van der Waals surface area contributed by atoms with Crippen LogP contribution in [-0.2, 0) is 15.8 Å². The Balaban J connectivity index is 1.48. The molecule has 7 heteroatoms. The van der Waals surface area contributed by atoms with Crippen LogP contribution in [0.4, 0.5) is 0 Å². The van der Waals surface area contributed by atoms with Gasteiger partial charge in [-0.3, -0.25) is 0 Å². The highest BCUT2D eigenvalue weighted by molar-refractivity contribution is 7.88. The van der Waals surface area contributed by atoms with Gasteiger partial charge < -0.3 is 5.32 Å². The third-order valence-corrected chi connectivity index (χ3v) is 6.64. The molecule has 0 unspecified atom stereocenters. The molecule has 6 nitrogen and oxygen atoms in total. The normalized spacial score (nSPS) is 26.6. The van der Waals surface area contributed by atoms with Crippen molar-refractivity contribution >= 4 is 10.0 Å². The third-order valence-electron chi connectivity index (χ3n) is 5.21. The van der Waals surface area contributed by atoms with Gasteiger partial charge in [-0.1, -0.05) is 18.6 Å². The topological polar surface area (TPSA) is 76.0 Å². The molecule has 1 aliphatic heterocycles. The van der Waals surface area contributed by atoms with E-state index in [1.807, 2.05) is 36.5 Å². The Labute approximate surface area is 142 Å². The molecule has 0 radical (unpaired) electrons. The summed E-state index contributed by atoms with van der Waals surface area (Å²) in [7, 11) is -3.36. The van der Waals surface area contributed by atoms with Crippen LogP contribution in [0.5, 0.6) is 0 Å². The highest BCUT2D eigenvalue weighted by Gasteiger charge is 2.48. The summed E-state index contributed by atoms with van der Waals surface area (Å²) in [5.41, 5.74) is 1.44. The highest BCUT2D eigenvalue weighted by atomic mass is 32.2. The first-order chi connectivity index (χ1) is 11.6. The number of hydrogen-bond donors (Lipinski definition) is 2. The predicted octanol–water partition coefficient (Wildman–Crippen LogP) is 1.43. The van der Waals surface area contributed by atoms with Gasteiger partial charge in [0.1, 0.15) is 0 Å². The number of nitrogens with one attached hydrogen (secondary N) is 2. The van der Waals surface area contributed by atoms with Crippen molar-refractivity contribution in [3.63, 3.8) is 0 Å². The van der Waals surface area contributed by atoms with Crippen molar-refractivity contribution in [1.29, 1.82) is 0 Å². The first-order valence-corrected chi connectivity index (χ1v) is 10.0. The van der Waals surface area contributed by atoms with E-state index in [0.29, 0.717) is 5.92 Å². The molecule has 128 valence electrons. The number of aromatic nitrogens is 2. The Hall–Kier alpha value is -1.70. The summed E-state index contributed by atoms with van der Waals surface area (Å²) in [6.07, 6.45) is 6.72. The van der Waals surface area contributed by atoms with Gasteiger partial charge in [0.05, 0.1) is 11.4 Å². The lowest BCUT2D eigenvalue weighted by Gasteiger charge is -2.29. The largest absolute Gasteiger partial charge is 0.315 e. The Morgan fingerprint density at radius 3 is 2.92 bits per heavy atom. The Morgan fingerprint density at radius 1 is 1.33 bits per heavy atom. The molecule has 2 atom stereocenters. The third kappa shape index (κ3) is 2.99. The van der Waals surface area contributed by atoms with E-state index in [0.717, 1.165) is 43.6 Å². The van der Waals surface area contributed by atoms with Crippen molar-refractivity contribution in [2.45, 2.75) is 30.6 Å². The van der Waals surface area contributed by atoms with E-state index in [1.54, 1.807) is 10.9 Å². The summed E-state index contributed by atoms with van der Waals surface area (Å²) < 4.78 is 30.1. The fraction of sp³-hybridized carbons (Fsp3) is 0.471. The first-order valence-electron chi connectivity index (χ1n) is 8.38. The van der Waals surface area contributed by atoms with Crippen LogP contribution in [0.2, 0.25) is 0 Å². The van der Waals surface area contributed by atoms with Crippen LogP contribution in [0, 0.1) is 5.92 Å². The van der Waals surface area contributed by atoms with Crippen LogP contribution in [0.15, 0.2) is 42.7 Å². The van der Waals surface area contributed by atoms with Crippen molar-refractivity contribution in [3.05, 3.63) is 48.3 Å². The average Bonchev–Trinajstić information content (AvgIpc) is 3.23. The van der Waals surface area contributed by atoms with Crippen molar-refractivity contribution < 1.29 is 8.42 Å². The first kappa shape index (κ1) is 15.8. The molecule has 4 rings (SSSR count). The number of sulfonamides is 1. The molecule has 0 amide bonds. The molecule has 2 fully saturated rings. The van der Waals surface area contributed by atoms with Crippen molar-refractivity contribution in [2.75, 3.05) is 13.1 Å². The van der Waals surface area contributed by atoms with Crippen LogP contribution in [-0.4, -0.2) is 36.8 Å². The zero-order valence-corrected chi connectivity index (χ0v) is 14.3. The lowest BCUT2D eigenvalue weighted by atomic mass is 9.92. The van der Waals surface area contributed by atoms with Gasteiger partial charge in [-0.05, 0) is 49.1 Å². The van der Waals surface area contributed by atoms with Gasteiger partial charge in [0.25, 0.3) is 0 Å². The summed E-state index contributed by atoms with van der Waals surface area (Å²) in [4.78, 5) is 0. The number of benzene rings is 1. The van der Waals surface area contributed by atoms with Crippen LogP contribution in [0.25, 0.3) is 5.69 Å². The number of hydrogen-bond acceptors (Lipinski definition) is 4. The molecule has 2 aliphatic rings. The summed E-state index contributed by atoms with van der Waals surface area (Å²) >= 11 is 0. The fourth-order valence-electron chi connectivity index (χ4n) is 4.05. The predicted molar refractivity (Wildman–Crippen MR) is 92.3 cm³/mol. The molecule has 1 aliphatic carbocycles. The van der Waals surface area contributed by atoms with Gasteiger partial charge in [-0.25, -0.2) is 17.8 Å². The minimum absolute atomic E-state index is 0.0147. The molecule has 24 heavy (non-hydrogen) atoms. The molecule has 2 heterocycles. The smallest absolute Gasteiger partial charge is 0.216 e. The number of nitrogens with zero attached hydrogens (tertiary/aromatic N) is 2. The summed E-state index contributed by atoms with van der Waals surface area (Å²) in [5.74, 6) is 0.440. The monoisotopic (exact) mass is 346 g/mol. The van der Waals surface area contributed by atoms with E-state index in [-0.39, 0.29) is 11.3 Å². The van der Waals surface area contributed by atoms with Gasteiger partial charge in [-0.15, -0.1) is 0 Å². The molecule has 2 aromatic rings. The van der Waals surface area contributed by atoms with Gasteiger partial charge in [0, 0.05) is 24.5 Å². The van der Waals surface area contributed by atoms with Crippen LogP contribution < -0.4 is 10.0 Å². The van der Waals surface area contributed by atoms with E-state index >= 15 is 0 Å². The van der Waals surface area contributed by atoms with E-state index in [1.165, 1.54) is 0 Å². The zero-order chi connectivity index (χ0) is 16.6. The molecule has 2 N–H and O–H groups in total. The SMILES string of the molecule is O=S(=O)(Cc1ccc(-n2cccn2)cc1)N[C@]12CCC[C@H]1CNC2. The van der Waals surface area contributed by atoms with E-state index in [4.69, 9.17) is 0 Å². The van der Waals surface area contributed by atoms with Gasteiger partial charge >= 0.3 is 0 Å². The minimum atomic E-state index is -3.36. The molecular weight excluding hydrogens is 324 g/mol. The number of fused-ring (bicyclic) bond motifs is 1. The number of rotatable bonds is 5. The molecule has 0 bridgehead atoms. The summed E-state index contributed by atoms with van der Waals surface area (Å²) in [5, 5.41) is 7.51. The zero-order valence-electron chi connectivity index (χ0n) is 13.5. The summed E-state index contributed by atoms with van der Waals surface area (Å²) in [6.45, 7) is 1.66. The van der Waals surface area contributed by atoms with E-state index in [2.05, 4.69) is 15.1 Å². The second-order valence-electron chi connectivity index (χ2n) is 6.85. The Morgan fingerprint density at radius 2 is 2.17 bits per heavy atom. The lowest BCUT2D eigenvalue weighted by molar-refractivity contribution is 0.359. The quantitative estimate of drug-likeness (QED) is 0.859. The highest BCUT2D eigenvalue weighted by Crippen LogP contribution is 2.38. The fourth-order valence-corrected chi connectivity index (χ4v) is 5.71. The van der Waals surface area contributed by atoms with Gasteiger partial charge in [0.15, 0.2) is 0 Å². The summed E-state index contributed by atoms with van der Waals surface area (Å²) in [6, 6.07) is 9.35. The minimum Gasteiger partial charge on any atom is -0.315 e. The molecular formula is C17H22N4O2S. The second kappa shape index (κ2) is 5.98. The maximum absolute atomic E-state index is 12.7. The van der Waals surface area contributed by atoms with Crippen molar-refractivity contribution in [1.82, 2.24) is 19.8 Å². The van der Waals surface area contributed by atoms with Crippen LogP contribution >= 0.6 is 0 Å². The average molecular weight is 346 g/mol. The van der Waals surface area contributed by atoms with Crippen LogP contribution in [0.1, 0.15) is 24.8 Å². The molecule has 1 aromatic heterocycles. The van der Waals surface area contributed by atoms with E-state index in [9.17, 15) is 8.42 Å². The van der Waals surface area contributed by atoms with Crippen molar-refractivity contribution in [2.24, 2.45) is 5.92 Å². The maximum Gasteiger partial charge on any atom is 0.216 e. The molecule has 1 saturated carbocycles. The maximum atomic E-state index is 12.7. The Bertz CT molecular complexity index is 790.